The van der Waals surface area contributed by atoms with E-state index in [0.29, 0.717) is 10.8 Å². The van der Waals surface area contributed by atoms with Crippen molar-refractivity contribution < 1.29 is 0 Å². The molecule has 1 nitrogen and oxygen atoms in total. The largest absolute Gasteiger partial charge is 0.311 e. The molecule has 15 heavy (non-hydrogen) atoms. The Balaban J connectivity index is 1.77. The van der Waals surface area contributed by atoms with Crippen molar-refractivity contribution in [1.29, 1.82) is 0 Å². The maximum Gasteiger partial charge on any atom is 0.00951 e. The van der Waals surface area contributed by atoms with Crippen LogP contribution in [0.25, 0.3) is 0 Å². The van der Waals surface area contributed by atoms with Crippen LogP contribution in [-0.2, 0) is 0 Å². The summed E-state index contributed by atoms with van der Waals surface area (Å²) in [4.78, 5) is 0. The van der Waals surface area contributed by atoms with Gasteiger partial charge in [-0.25, -0.2) is 0 Å². The van der Waals surface area contributed by atoms with Gasteiger partial charge < -0.3 is 5.32 Å². The Morgan fingerprint density at radius 2 is 1.53 bits per heavy atom. The Labute approximate surface area is 95.0 Å². The van der Waals surface area contributed by atoms with Crippen molar-refractivity contribution in [3.63, 3.8) is 0 Å². The minimum atomic E-state index is 0.602. The van der Waals surface area contributed by atoms with Gasteiger partial charge in [0.05, 0.1) is 0 Å². The topological polar surface area (TPSA) is 12.0 Å². The molecule has 2 rings (SSSR count). The van der Waals surface area contributed by atoms with Gasteiger partial charge in [-0.1, -0.05) is 20.8 Å². The fraction of sp³-hybridized carbons (Fsp3) is 1.00. The van der Waals surface area contributed by atoms with Crippen molar-refractivity contribution >= 4 is 0 Å². The van der Waals surface area contributed by atoms with Crippen LogP contribution in [0.5, 0.6) is 0 Å². The van der Waals surface area contributed by atoms with Gasteiger partial charge in [0.15, 0.2) is 0 Å². The summed E-state index contributed by atoms with van der Waals surface area (Å²) in [7, 11) is 0. The zero-order chi connectivity index (χ0) is 11.1. The van der Waals surface area contributed by atoms with Gasteiger partial charge in [0.2, 0.25) is 0 Å². The Bertz CT molecular complexity index is 217. The van der Waals surface area contributed by atoms with Gasteiger partial charge in [-0.2, -0.15) is 0 Å². The average Bonchev–Trinajstić information content (AvgIpc) is 2.89. The maximum absolute atomic E-state index is 3.86. The fourth-order valence-corrected chi connectivity index (χ4v) is 2.75. The third kappa shape index (κ3) is 2.75. The summed E-state index contributed by atoms with van der Waals surface area (Å²) in [5.41, 5.74) is 1.23. The van der Waals surface area contributed by atoms with Crippen molar-refractivity contribution in [1.82, 2.24) is 5.32 Å². The molecule has 0 bridgehead atoms. The highest BCUT2D eigenvalue weighted by atomic mass is 15.0. The highest BCUT2D eigenvalue weighted by molar-refractivity contribution is 4.98. The van der Waals surface area contributed by atoms with E-state index in [1.165, 1.54) is 38.5 Å². The van der Waals surface area contributed by atoms with Gasteiger partial charge in [-0.3, -0.25) is 0 Å². The molecule has 0 aromatic heterocycles. The van der Waals surface area contributed by atoms with E-state index < -0.39 is 0 Å². The highest BCUT2D eigenvalue weighted by Gasteiger charge is 2.43. The first-order valence-corrected chi connectivity index (χ1v) is 6.67. The Kier molecular flexibility index (Phi) is 2.87. The average molecular weight is 209 g/mol. The summed E-state index contributed by atoms with van der Waals surface area (Å²) in [5, 5.41) is 3.86. The molecule has 0 radical (unpaired) electrons. The predicted molar refractivity (Wildman–Crippen MR) is 66.0 cm³/mol. The van der Waals surface area contributed by atoms with E-state index in [1.807, 2.05) is 0 Å². The molecule has 1 N–H and O–H groups in total. The van der Waals surface area contributed by atoms with Gasteiger partial charge in [-0.15, -0.1) is 0 Å². The van der Waals surface area contributed by atoms with Crippen LogP contribution in [0.4, 0.5) is 0 Å². The van der Waals surface area contributed by atoms with E-state index in [9.17, 15) is 0 Å². The van der Waals surface area contributed by atoms with Crippen LogP contribution in [0.3, 0.4) is 0 Å². The molecule has 2 aliphatic carbocycles. The second kappa shape index (κ2) is 3.76. The van der Waals surface area contributed by atoms with Crippen molar-refractivity contribution in [2.24, 2.45) is 10.8 Å². The van der Waals surface area contributed by atoms with E-state index in [0.717, 1.165) is 12.1 Å². The quantitative estimate of drug-likeness (QED) is 0.747. The molecule has 1 atom stereocenters. The molecule has 2 aliphatic rings. The number of nitrogens with one attached hydrogen (secondary N) is 1. The normalized spacial score (nSPS) is 31.2. The van der Waals surface area contributed by atoms with Crippen molar-refractivity contribution in [2.75, 3.05) is 0 Å². The Hall–Kier alpha value is -0.0400. The van der Waals surface area contributed by atoms with Gasteiger partial charge in [-0.05, 0) is 56.3 Å². The molecule has 1 unspecified atom stereocenters. The molecule has 0 aromatic rings. The van der Waals surface area contributed by atoms with Crippen LogP contribution in [0.15, 0.2) is 0 Å². The summed E-state index contributed by atoms with van der Waals surface area (Å²) in [6.45, 7) is 9.63. The summed E-state index contributed by atoms with van der Waals surface area (Å²) < 4.78 is 0. The smallest absolute Gasteiger partial charge is 0.00951 e. The molecule has 1 heteroatoms. The Morgan fingerprint density at radius 1 is 1.00 bits per heavy atom. The molecule has 0 aromatic carbocycles. The molecule has 2 fully saturated rings. The monoisotopic (exact) mass is 209 g/mol. The van der Waals surface area contributed by atoms with Crippen LogP contribution in [0.2, 0.25) is 0 Å². The van der Waals surface area contributed by atoms with Gasteiger partial charge in [0.25, 0.3) is 0 Å². The summed E-state index contributed by atoms with van der Waals surface area (Å²) in [6.07, 6.45) is 8.42. The second-order valence-electron chi connectivity index (χ2n) is 6.98. The van der Waals surface area contributed by atoms with Crippen molar-refractivity contribution in [2.45, 2.75) is 78.3 Å². The lowest BCUT2D eigenvalue weighted by Gasteiger charge is -2.37. The fourth-order valence-electron chi connectivity index (χ4n) is 2.75. The minimum Gasteiger partial charge on any atom is -0.311 e. The van der Waals surface area contributed by atoms with Crippen LogP contribution >= 0.6 is 0 Å². The third-order valence-corrected chi connectivity index (χ3v) is 4.91. The lowest BCUT2D eigenvalue weighted by atomic mass is 9.75. The minimum absolute atomic E-state index is 0.602. The molecule has 0 aliphatic heterocycles. The zero-order valence-corrected chi connectivity index (χ0v) is 10.9. The Morgan fingerprint density at radius 3 is 2.00 bits per heavy atom. The molecular formula is C14H27N. The van der Waals surface area contributed by atoms with E-state index in [-0.39, 0.29) is 0 Å². The summed E-state index contributed by atoms with van der Waals surface area (Å²) in [5.74, 6) is 0. The molecule has 88 valence electrons. The molecular weight excluding hydrogens is 182 g/mol. The molecule has 0 saturated heterocycles. The van der Waals surface area contributed by atoms with Crippen LogP contribution in [0, 0.1) is 10.8 Å². The van der Waals surface area contributed by atoms with E-state index in [1.54, 1.807) is 0 Å². The van der Waals surface area contributed by atoms with Gasteiger partial charge >= 0.3 is 0 Å². The first-order chi connectivity index (χ1) is 6.91. The van der Waals surface area contributed by atoms with E-state index in [4.69, 9.17) is 0 Å². The standard InChI is InChI=1S/C14H27N/c1-11(14(4)9-10-14)15-12-5-7-13(2,3)8-6-12/h11-12,15H,5-10H2,1-4H3. The molecule has 2 saturated carbocycles. The third-order valence-electron chi connectivity index (χ3n) is 4.91. The van der Waals surface area contributed by atoms with Crippen molar-refractivity contribution in [3.05, 3.63) is 0 Å². The lowest BCUT2D eigenvalue weighted by Crippen LogP contribution is -2.43. The first-order valence-electron chi connectivity index (χ1n) is 6.67. The number of rotatable bonds is 3. The first kappa shape index (κ1) is 11.4. The van der Waals surface area contributed by atoms with Crippen molar-refractivity contribution in [3.8, 4) is 0 Å². The predicted octanol–water partition coefficient (Wildman–Crippen LogP) is 3.73. The molecule has 0 spiro atoms. The lowest BCUT2D eigenvalue weighted by molar-refractivity contribution is 0.188. The van der Waals surface area contributed by atoms with Crippen LogP contribution in [0.1, 0.15) is 66.2 Å². The molecule has 0 amide bonds. The summed E-state index contributed by atoms with van der Waals surface area (Å²) >= 11 is 0. The van der Waals surface area contributed by atoms with Gasteiger partial charge in [0.1, 0.15) is 0 Å². The summed E-state index contributed by atoms with van der Waals surface area (Å²) in [6, 6.07) is 1.52. The second-order valence-corrected chi connectivity index (χ2v) is 6.98. The number of hydrogen-bond acceptors (Lipinski definition) is 1. The zero-order valence-electron chi connectivity index (χ0n) is 10.9. The van der Waals surface area contributed by atoms with E-state index in [2.05, 4.69) is 33.0 Å². The highest BCUT2D eigenvalue weighted by Crippen LogP contribution is 2.48. The van der Waals surface area contributed by atoms with Crippen LogP contribution < -0.4 is 5.32 Å². The molecule has 0 heterocycles. The van der Waals surface area contributed by atoms with E-state index >= 15 is 0 Å². The van der Waals surface area contributed by atoms with Gasteiger partial charge in [0, 0.05) is 12.1 Å². The van der Waals surface area contributed by atoms with Crippen LogP contribution in [-0.4, -0.2) is 12.1 Å². The maximum atomic E-state index is 3.86. The number of hydrogen-bond donors (Lipinski definition) is 1. The SMILES string of the molecule is CC(NC1CCC(C)(C)CC1)C1(C)CC1.